The number of amides is 1. The van der Waals surface area contributed by atoms with Gasteiger partial charge >= 0.3 is 0 Å². The van der Waals surface area contributed by atoms with Crippen LogP contribution < -0.4 is 5.32 Å². The van der Waals surface area contributed by atoms with E-state index < -0.39 is 0 Å². The fourth-order valence-corrected chi connectivity index (χ4v) is 5.05. The third kappa shape index (κ3) is 6.34. The van der Waals surface area contributed by atoms with Gasteiger partial charge in [-0.3, -0.25) is 14.7 Å². The van der Waals surface area contributed by atoms with Gasteiger partial charge in [0, 0.05) is 51.7 Å². The molecule has 1 atom stereocenters. The number of likely N-dealkylation sites (tertiary alicyclic amines) is 2. The van der Waals surface area contributed by atoms with Gasteiger partial charge in [0.2, 0.25) is 5.91 Å². The van der Waals surface area contributed by atoms with Crippen LogP contribution >= 0.6 is 24.0 Å². The van der Waals surface area contributed by atoms with E-state index in [-0.39, 0.29) is 29.9 Å². The lowest BCUT2D eigenvalue weighted by Crippen LogP contribution is -2.42. The van der Waals surface area contributed by atoms with E-state index in [4.69, 9.17) is 4.99 Å². The summed E-state index contributed by atoms with van der Waals surface area (Å²) in [5.74, 6) is 1.29. The summed E-state index contributed by atoms with van der Waals surface area (Å²) in [6.07, 6.45) is 6.30. The van der Waals surface area contributed by atoms with Crippen LogP contribution in [-0.4, -0.2) is 78.4 Å². The molecule has 1 N–H and O–H groups in total. The lowest BCUT2D eigenvalue weighted by molar-refractivity contribution is -0.132. The number of carbonyl (C=O) groups excluding carboxylic acids is 1. The van der Waals surface area contributed by atoms with Crippen molar-refractivity contribution >= 4 is 35.8 Å². The molecule has 3 heterocycles. The van der Waals surface area contributed by atoms with Gasteiger partial charge in [0.05, 0.1) is 0 Å². The first-order valence-corrected chi connectivity index (χ1v) is 11.9. The summed E-state index contributed by atoms with van der Waals surface area (Å²) in [6.45, 7) is 10.0. The number of nitrogens with one attached hydrogen (secondary N) is 1. The van der Waals surface area contributed by atoms with E-state index in [1.54, 1.807) is 0 Å². The number of aliphatic imine (C=N–C) groups is 1. The highest BCUT2D eigenvalue weighted by atomic mass is 127. The van der Waals surface area contributed by atoms with Gasteiger partial charge in [0.15, 0.2) is 5.96 Å². The van der Waals surface area contributed by atoms with Crippen LogP contribution in [0.15, 0.2) is 29.3 Å². The first-order chi connectivity index (χ1) is 14.7. The molecule has 7 heteroatoms. The Balaban J connectivity index is 0.00000272. The molecule has 3 aliphatic heterocycles. The highest BCUT2D eigenvalue weighted by molar-refractivity contribution is 14.0. The van der Waals surface area contributed by atoms with E-state index in [2.05, 4.69) is 46.3 Å². The van der Waals surface area contributed by atoms with Crippen LogP contribution in [0, 0.1) is 0 Å². The Hall–Kier alpha value is -1.35. The minimum atomic E-state index is 0. The third-order valence-corrected chi connectivity index (χ3v) is 6.75. The standard InChI is InChI=1S/C24H37N5O.HI/c1-2-25-24(29-17-12-22(19-29)27-14-5-6-15-27)26-13-7-10-23(30)28-16-11-20-8-3-4-9-21(20)18-28;/h3-4,8-9,22H,2,5-7,10-19H2,1H3,(H,25,26);1H. The molecule has 0 saturated carbocycles. The van der Waals surface area contributed by atoms with Gasteiger partial charge in [-0.1, -0.05) is 24.3 Å². The van der Waals surface area contributed by atoms with Crippen molar-refractivity contribution in [3.63, 3.8) is 0 Å². The summed E-state index contributed by atoms with van der Waals surface area (Å²) < 4.78 is 0. The Labute approximate surface area is 204 Å². The van der Waals surface area contributed by atoms with Crippen molar-refractivity contribution in [3.8, 4) is 0 Å². The molecule has 0 spiro atoms. The molecule has 6 nitrogen and oxygen atoms in total. The Bertz CT molecular complexity index is 749. The average Bonchev–Trinajstić information content (AvgIpc) is 3.47. The Kier molecular flexibility index (Phi) is 9.44. The van der Waals surface area contributed by atoms with Gasteiger partial charge in [-0.2, -0.15) is 0 Å². The predicted molar refractivity (Wildman–Crippen MR) is 137 cm³/mol. The van der Waals surface area contributed by atoms with Crippen LogP contribution in [0.4, 0.5) is 0 Å². The van der Waals surface area contributed by atoms with Gasteiger partial charge in [-0.15, -0.1) is 24.0 Å². The molecule has 2 fully saturated rings. The summed E-state index contributed by atoms with van der Waals surface area (Å²) >= 11 is 0. The number of hydrogen-bond donors (Lipinski definition) is 1. The summed E-state index contributed by atoms with van der Waals surface area (Å²) in [6, 6.07) is 9.16. The first kappa shape index (κ1) is 24.3. The molecular formula is C24H38IN5O. The van der Waals surface area contributed by atoms with Crippen LogP contribution in [-0.2, 0) is 17.8 Å². The van der Waals surface area contributed by atoms with Crippen LogP contribution in [0.5, 0.6) is 0 Å². The van der Waals surface area contributed by atoms with Crippen LogP contribution in [0.2, 0.25) is 0 Å². The first-order valence-electron chi connectivity index (χ1n) is 11.9. The van der Waals surface area contributed by atoms with Gasteiger partial charge < -0.3 is 15.1 Å². The van der Waals surface area contributed by atoms with E-state index in [1.807, 2.05) is 4.90 Å². The van der Waals surface area contributed by atoms with Crippen molar-refractivity contribution in [2.45, 2.75) is 58.0 Å². The van der Waals surface area contributed by atoms with Crippen molar-refractivity contribution < 1.29 is 4.79 Å². The molecule has 0 aromatic heterocycles. The Morgan fingerprint density at radius 2 is 1.87 bits per heavy atom. The summed E-state index contributed by atoms with van der Waals surface area (Å²) in [5.41, 5.74) is 2.69. The van der Waals surface area contributed by atoms with Crippen LogP contribution in [0.3, 0.4) is 0 Å². The average molecular weight is 540 g/mol. The molecule has 1 aromatic carbocycles. The van der Waals surface area contributed by atoms with E-state index in [1.165, 1.54) is 43.5 Å². The quantitative estimate of drug-likeness (QED) is 0.261. The summed E-state index contributed by atoms with van der Waals surface area (Å²) in [7, 11) is 0. The minimum Gasteiger partial charge on any atom is -0.357 e. The molecule has 1 amide bonds. The molecule has 3 aliphatic rings. The zero-order valence-electron chi connectivity index (χ0n) is 18.9. The SMILES string of the molecule is CCNC(=NCCCC(=O)N1CCc2ccccc2C1)N1CCC(N2CCCC2)C1.I. The zero-order chi connectivity index (χ0) is 20.8. The monoisotopic (exact) mass is 539 g/mol. The largest absolute Gasteiger partial charge is 0.357 e. The predicted octanol–water partition coefficient (Wildman–Crippen LogP) is 3.11. The normalized spacial score (nSPS) is 21.7. The molecule has 0 bridgehead atoms. The second-order valence-electron chi connectivity index (χ2n) is 8.80. The van der Waals surface area contributed by atoms with Crippen LogP contribution in [0.1, 0.15) is 50.2 Å². The smallest absolute Gasteiger partial charge is 0.222 e. The molecule has 0 aliphatic carbocycles. The maximum absolute atomic E-state index is 12.7. The number of benzene rings is 1. The van der Waals surface area contributed by atoms with Gasteiger partial charge in [0.25, 0.3) is 0 Å². The number of guanidine groups is 1. The Morgan fingerprint density at radius 1 is 1.10 bits per heavy atom. The minimum absolute atomic E-state index is 0. The maximum Gasteiger partial charge on any atom is 0.222 e. The Morgan fingerprint density at radius 3 is 2.65 bits per heavy atom. The summed E-state index contributed by atoms with van der Waals surface area (Å²) in [5, 5.41) is 3.46. The number of halogens is 1. The molecule has 4 rings (SSSR count). The van der Waals surface area contributed by atoms with Crippen molar-refractivity contribution in [2.24, 2.45) is 4.99 Å². The topological polar surface area (TPSA) is 51.2 Å². The second kappa shape index (κ2) is 12.0. The number of fused-ring (bicyclic) bond motifs is 1. The van der Waals surface area contributed by atoms with E-state index in [9.17, 15) is 4.79 Å². The number of nitrogens with zero attached hydrogens (tertiary/aromatic N) is 4. The van der Waals surface area contributed by atoms with E-state index in [0.29, 0.717) is 19.0 Å². The van der Waals surface area contributed by atoms with Crippen molar-refractivity contribution in [3.05, 3.63) is 35.4 Å². The molecule has 1 unspecified atom stereocenters. The highest BCUT2D eigenvalue weighted by Crippen LogP contribution is 2.21. The summed E-state index contributed by atoms with van der Waals surface area (Å²) in [4.78, 5) is 24.6. The van der Waals surface area contributed by atoms with E-state index in [0.717, 1.165) is 51.5 Å². The molecule has 172 valence electrons. The van der Waals surface area contributed by atoms with E-state index >= 15 is 0 Å². The zero-order valence-corrected chi connectivity index (χ0v) is 21.2. The molecule has 2 saturated heterocycles. The van der Waals surface area contributed by atoms with Gasteiger partial charge in [-0.05, 0) is 63.2 Å². The van der Waals surface area contributed by atoms with Crippen molar-refractivity contribution in [1.82, 2.24) is 20.0 Å². The van der Waals surface area contributed by atoms with Crippen LogP contribution in [0.25, 0.3) is 0 Å². The molecular weight excluding hydrogens is 501 g/mol. The van der Waals surface area contributed by atoms with Gasteiger partial charge in [0.1, 0.15) is 0 Å². The molecule has 0 radical (unpaired) electrons. The number of carbonyl (C=O) groups is 1. The lowest BCUT2D eigenvalue weighted by Gasteiger charge is -2.29. The maximum atomic E-state index is 12.7. The molecule has 1 aromatic rings. The van der Waals surface area contributed by atoms with Gasteiger partial charge in [-0.25, -0.2) is 0 Å². The number of rotatable bonds is 6. The number of hydrogen-bond acceptors (Lipinski definition) is 3. The fourth-order valence-electron chi connectivity index (χ4n) is 5.05. The second-order valence-corrected chi connectivity index (χ2v) is 8.80. The van der Waals surface area contributed by atoms with Crippen molar-refractivity contribution in [2.75, 3.05) is 45.8 Å². The third-order valence-electron chi connectivity index (χ3n) is 6.75. The lowest BCUT2D eigenvalue weighted by atomic mass is 9.99. The highest BCUT2D eigenvalue weighted by Gasteiger charge is 2.30. The molecule has 31 heavy (non-hydrogen) atoms. The van der Waals surface area contributed by atoms with Crippen molar-refractivity contribution in [1.29, 1.82) is 0 Å². The fraction of sp³-hybridized carbons (Fsp3) is 0.667.